The molecule has 3 nitrogen and oxygen atoms in total. The Balaban J connectivity index is 1.98. The van der Waals surface area contributed by atoms with Crippen molar-refractivity contribution in [2.24, 2.45) is 0 Å². The fourth-order valence-corrected chi connectivity index (χ4v) is 2.78. The van der Waals surface area contributed by atoms with Crippen molar-refractivity contribution in [1.82, 2.24) is 14.9 Å². The normalized spacial score (nSPS) is 21.5. The molecule has 0 aliphatic carbocycles. The molecule has 1 N–H and O–H groups in total. The minimum atomic E-state index is -4.32. The van der Waals surface area contributed by atoms with Crippen LogP contribution in [0.5, 0.6) is 0 Å². The summed E-state index contributed by atoms with van der Waals surface area (Å²) < 4.78 is 38.1. The monoisotopic (exact) mass is 283 g/mol. The second kappa shape index (κ2) is 4.77. The predicted molar refractivity (Wildman–Crippen MR) is 70.3 cm³/mol. The van der Waals surface area contributed by atoms with Crippen LogP contribution in [-0.4, -0.2) is 28.5 Å². The second-order valence-corrected chi connectivity index (χ2v) is 5.34. The van der Waals surface area contributed by atoms with E-state index in [0.717, 1.165) is 43.8 Å². The molecule has 0 spiro atoms. The summed E-state index contributed by atoms with van der Waals surface area (Å²) in [6.07, 6.45) is -1.05. The van der Waals surface area contributed by atoms with Gasteiger partial charge in [-0.1, -0.05) is 6.42 Å². The van der Waals surface area contributed by atoms with Gasteiger partial charge >= 0.3 is 6.18 Å². The topological polar surface area (TPSA) is 31.9 Å². The number of aromatic nitrogens is 2. The van der Waals surface area contributed by atoms with Crippen LogP contribution in [0.3, 0.4) is 0 Å². The van der Waals surface area contributed by atoms with Crippen LogP contribution in [0, 0.1) is 0 Å². The van der Waals surface area contributed by atoms with Gasteiger partial charge in [-0.3, -0.25) is 4.90 Å². The van der Waals surface area contributed by atoms with Crippen LogP contribution in [0.2, 0.25) is 0 Å². The van der Waals surface area contributed by atoms with E-state index in [1.54, 1.807) is 0 Å². The molecule has 1 aromatic heterocycles. The summed E-state index contributed by atoms with van der Waals surface area (Å²) in [5.41, 5.74) is 0.401. The lowest BCUT2D eigenvalue weighted by Gasteiger charge is -2.30. The van der Waals surface area contributed by atoms with E-state index in [4.69, 9.17) is 0 Å². The fourth-order valence-electron chi connectivity index (χ4n) is 2.78. The fraction of sp³-hybridized carbons (Fsp3) is 0.500. The van der Waals surface area contributed by atoms with Crippen LogP contribution in [0.4, 0.5) is 13.2 Å². The first-order chi connectivity index (χ1) is 9.45. The number of alkyl halides is 3. The highest BCUT2D eigenvalue weighted by atomic mass is 19.4. The maximum absolute atomic E-state index is 12.7. The zero-order valence-electron chi connectivity index (χ0n) is 11.2. The van der Waals surface area contributed by atoms with Gasteiger partial charge in [-0.15, -0.1) is 0 Å². The molecule has 1 fully saturated rings. The Morgan fingerprint density at radius 3 is 2.80 bits per heavy atom. The Labute approximate surface area is 114 Å². The molecule has 1 aromatic carbocycles. The summed E-state index contributed by atoms with van der Waals surface area (Å²) in [4.78, 5) is 9.70. The average molecular weight is 283 g/mol. The van der Waals surface area contributed by atoms with Crippen LogP contribution >= 0.6 is 0 Å². The van der Waals surface area contributed by atoms with Crippen molar-refractivity contribution in [3.05, 3.63) is 29.6 Å². The number of hydrogen-bond acceptors (Lipinski definition) is 2. The zero-order valence-corrected chi connectivity index (χ0v) is 11.2. The number of imidazole rings is 1. The number of H-pyrrole nitrogens is 1. The van der Waals surface area contributed by atoms with Crippen LogP contribution in [0.25, 0.3) is 11.0 Å². The van der Waals surface area contributed by atoms with Gasteiger partial charge in [0.2, 0.25) is 0 Å². The maximum Gasteiger partial charge on any atom is 0.416 e. The Hall–Kier alpha value is -1.56. The van der Waals surface area contributed by atoms with E-state index in [-0.39, 0.29) is 6.04 Å². The third kappa shape index (κ3) is 2.40. The van der Waals surface area contributed by atoms with Crippen molar-refractivity contribution in [2.45, 2.75) is 31.5 Å². The Bertz CT molecular complexity index is 618. The molecular formula is C14H16F3N3. The first kappa shape index (κ1) is 13.4. The minimum absolute atomic E-state index is 0.172. The van der Waals surface area contributed by atoms with Crippen LogP contribution < -0.4 is 0 Å². The Morgan fingerprint density at radius 1 is 1.30 bits per heavy atom. The summed E-state index contributed by atoms with van der Waals surface area (Å²) in [5.74, 6) is 0.765. The highest BCUT2D eigenvalue weighted by Crippen LogP contribution is 2.33. The minimum Gasteiger partial charge on any atom is -0.341 e. The molecule has 1 aliphatic heterocycles. The molecule has 0 bridgehead atoms. The Morgan fingerprint density at radius 2 is 2.10 bits per heavy atom. The van der Waals surface area contributed by atoms with Crippen molar-refractivity contribution in [3.63, 3.8) is 0 Å². The SMILES string of the molecule is CN1CCCCC1c1nc2ccc(C(F)(F)F)cc2[nH]1. The number of piperidine rings is 1. The van der Waals surface area contributed by atoms with Gasteiger partial charge in [0.05, 0.1) is 22.6 Å². The van der Waals surface area contributed by atoms with Gasteiger partial charge in [-0.05, 0) is 44.6 Å². The summed E-state index contributed by atoms with van der Waals surface area (Å²) in [7, 11) is 2.03. The zero-order chi connectivity index (χ0) is 14.3. The second-order valence-electron chi connectivity index (χ2n) is 5.34. The van der Waals surface area contributed by atoms with Gasteiger partial charge in [-0.25, -0.2) is 4.98 Å². The van der Waals surface area contributed by atoms with E-state index in [0.29, 0.717) is 11.0 Å². The molecule has 108 valence electrons. The van der Waals surface area contributed by atoms with Crippen molar-refractivity contribution in [1.29, 1.82) is 0 Å². The van der Waals surface area contributed by atoms with Crippen molar-refractivity contribution >= 4 is 11.0 Å². The third-order valence-corrected chi connectivity index (χ3v) is 3.91. The highest BCUT2D eigenvalue weighted by molar-refractivity contribution is 5.76. The first-order valence-electron chi connectivity index (χ1n) is 6.72. The van der Waals surface area contributed by atoms with Crippen LogP contribution in [-0.2, 0) is 6.18 Å². The number of rotatable bonds is 1. The first-order valence-corrected chi connectivity index (χ1v) is 6.72. The van der Waals surface area contributed by atoms with Crippen LogP contribution in [0.15, 0.2) is 18.2 Å². The lowest BCUT2D eigenvalue weighted by molar-refractivity contribution is -0.137. The molecule has 1 atom stereocenters. The lowest BCUT2D eigenvalue weighted by Crippen LogP contribution is -2.30. The largest absolute Gasteiger partial charge is 0.416 e. The average Bonchev–Trinajstić information content (AvgIpc) is 2.80. The molecular weight excluding hydrogens is 267 g/mol. The van der Waals surface area contributed by atoms with Gasteiger partial charge in [-0.2, -0.15) is 13.2 Å². The molecule has 1 unspecified atom stereocenters. The van der Waals surface area contributed by atoms with Crippen molar-refractivity contribution in [3.8, 4) is 0 Å². The Kier molecular flexibility index (Phi) is 3.20. The number of aromatic amines is 1. The number of likely N-dealkylation sites (tertiary alicyclic amines) is 1. The van der Waals surface area contributed by atoms with E-state index in [1.807, 2.05) is 7.05 Å². The van der Waals surface area contributed by atoms with Gasteiger partial charge in [0.15, 0.2) is 0 Å². The molecule has 2 aromatic rings. The number of halogens is 3. The molecule has 1 aliphatic rings. The van der Waals surface area contributed by atoms with E-state index in [1.165, 1.54) is 6.07 Å². The number of nitrogens with zero attached hydrogens (tertiary/aromatic N) is 2. The highest BCUT2D eigenvalue weighted by Gasteiger charge is 2.31. The van der Waals surface area contributed by atoms with Gasteiger partial charge in [0, 0.05) is 0 Å². The van der Waals surface area contributed by atoms with E-state index >= 15 is 0 Å². The molecule has 6 heteroatoms. The molecule has 1 saturated heterocycles. The standard InChI is InChI=1S/C14H16F3N3/c1-20-7-3-2-4-12(20)13-18-10-6-5-9(14(15,16)17)8-11(10)19-13/h5-6,8,12H,2-4,7H2,1H3,(H,18,19). The quantitative estimate of drug-likeness (QED) is 0.864. The number of benzene rings is 1. The van der Waals surface area contributed by atoms with Crippen LogP contribution in [0.1, 0.15) is 36.7 Å². The summed E-state index contributed by atoms with van der Waals surface area (Å²) >= 11 is 0. The smallest absolute Gasteiger partial charge is 0.341 e. The van der Waals surface area contributed by atoms with E-state index in [9.17, 15) is 13.2 Å². The molecule has 20 heavy (non-hydrogen) atoms. The van der Waals surface area contributed by atoms with Gasteiger partial charge in [0.1, 0.15) is 5.82 Å². The van der Waals surface area contributed by atoms with Gasteiger partial charge < -0.3 is 4.98 Å². The predicted octanol–water partition coefficient (Wildman–Crippen LogP) is 3.74. The molecule has 3 rings (SSSR count). The molecule has 2 heterocycles. The van der Waals surface area contributed by atoms with E-state index < -0.39 is 11.7 Å². The van der Waals surface area contributed by atoms with Crippen molar-refractivity contribution in [2.75, 3.05) is 13.6 Å². The summed E-state index contributed by atoms with van der Waals surface area (Å²) in [6.45, 7) is 0.996. The summed E-state index contributed by atoms with van der Waals surface area (Å²) in [6, 6.07) is 3.82. The number of nitrogens with one attached hydrogen (secondary N) is 1. The molecule has 0 saturated carbocycles. The van der Waals surface area contributed by atoms with Crippen molar-refractivity contribution < 1.29 is 13.2 Å². The van der Waals surface area contributed by atoms with E-state index in [2.05, 4.69) is 14.9 Å². The molecule has 0 amide bonds. The number of hydrogen-bond donors (Lipinski definition) is 1. The number of fused-ring (bicyclic) bond motifs is 1. The third-order valence-electron chi connectivity index (χ3n) is 3.91. The maximum atomic E-state index is 12.7. The van der Waals surface area contributed by atoms with Gasteiger partial charge in [0.25, 0.3) is 0 Å². The lowest BCUT2D eigenvalue weighted by atomic mass is 10.0. The summed E-state index contributed by atoms with van der Waals surface area (Å²) in [5, 5.41) is 0. The molecule has 0 radical (unpaired) electrons.